The van der Waals surface area contributed by atoms with E-state index in [2.05, 4.69) is 4.98 Å². The number of carboxylic acid groups (broad SMARTS) is 1. The van der Waals surface area contributed by atoms with Crippen molar-refractivity contribution in [3.63, 3.8) is 0 Å². The Kier molecular flexibility index (Phi) is 2.19. The molecule has 0 unspecified atom stereocenters. The summed E-state index contributed by atoms with van der Waals surface area (Å²) in [6.07, 6.45) is 2.52. The van der Waals surface area contributed by atoms with Crippen LogP contribution in [0.15, 0.2) is 41.2 Å². The molecule has 3 aromatic rings. The molecule has 2 aromatic heterocycles. The highest BCUT2D eigenvalue weighted by Crippen LogP contribution is 2.28. The average Bonchev–Trinajstić information content (AvgIpc) is 2.93. The molecular formula is C13H8FNO3. The van der Waals surface area contributed by atoms with Gasteiger partial charge in [-0.05, 0) is 24.3 Å². The predicted octanol–water partition coefficient (Wildman–Crippen LogP) is 3.27. The summed E-state index contributed by atoms with van der Waals surface area (Å²) < 4.78 is 18.0. The van der Waals surface area contributed by atoms with Crippen LogP contribution in [0.4, 0.5) is 4.39 Å². The van der Waals surface area contributed by atoms with E-state index < -0.39 is 5.97 Å². The van der Waals surface area contributed by atoms with Crippen LogP contribution in [0.2, 0.25) is 0 Å². The molecule has 0 atom stereocenters. The Morgan fingerprint density at radius 2 is 2.11 bits per heavy atom. The molecule has 4 nitrogen and oxygen atoms in total. The summed E-state index contributed by atoms with van der Waals surface area (Å²) in [5.41, 5.74) is 1.71. The fraction of sp³-hybridized carbons (Fsp3) is 0. The van der Waals surface area contributed by atoms with Gasteiger partial charge >= 0.3 is 5.97 Å². The Morgan fingerprint density at radius 1 is 1.28 bits per heavy atom. The number of furan rings is 1. The number of aromatic nitrogens is 1. The number of nitrogens with one attached hydrogen (secondary N) is 1. The Bertz CT molecular complexity index is 742. The van der Waals surface area contributed by atoms with Gasteiger partial charge in [-0.2, -0.15) is 0 Å². The first-order valence-electron chi connectivity index (χ1n) is 5.23. The van der Waals surface area contributed by atoms with E-state index in [0.29, 0.717) is 16.8 Å². The highest BCUT2D eigenvalue weighted by atomic mass is 19.1. The Labute approximate surface area is 101 Å². The van der Waals surface area contributed by atoms with Crippen LogP contribution >= 0.6 is 0 Å². The number of aromatic amines is 1. The van der Waals surface area contributed by atoms with Crippen LogP contribution in [-0.2, 0) is 0 Å². The van der Waals surface area contributed by atoms with Gasteiger partial charge in [0.2, 0.25) is 0 Å². The minimum absolute atomic E-state index is 0.0713. The third kappa shape index (κ3) is 1.57. The standard InChI is InChI=1S/C13H8FNO3/c14-8-2-1-7-3-12(15-11(7)4-8)9-5-18-6-10(9)13(16)17/h1-6,15H,(H,16,17). The number of rotatable bonds is 2. The number of aromatic carboxylic acids is 1. The van der Waals surface area contributed by atoms with Gasteiger partial charge in [0.1, 0.15) is 23.9 Å². The number of carbonyl (C=O) groups is 1. The zero-order valence-electron chi connectivity index (χ0n) is 9.11. The van der Waals surface area contributed by atoms with Gasteiger partial charge in [-0.15, -0.1) is 0 Å². The molecule has 90 valence electrons. The molecule has 0 bridgehead atoms. The van der Waals surface area contributed by atoms with Gasteiger partial charge in [0.05, 0.1) is 11.3 Å². The third-order valence-corrected chi connectivity index (χ3v) is 2.77. The molecule has 2 heterocycles. The van der Waals surface area contributed by atoms with Gasteiger partial charge in [-0.25, -0.2) is 9.18 Å². The number of benzene rings is 1. The number of fused-ring (bicyclic) bond motifs is 1. The first kappa shape index (κ1) is 10.6. The third-order valence-electron chi connectivity index (χ3n) is 2.77. The molecule has 2 N–H and O–H groups in total. The number of hydrogen-bond acceptors (Lipinski definition) is 2. The van der Waals surface area contributed by atoms with Crippen molar-refractivity contribution in [3.8, 4) is 11.3 Å². The molecule has 0 spiro atoms. The van der Waals surface area contributed by atoms with E-state index >= 15 is 0 Å². The van der Waals surface area contributed by atoms with Gasteiger partial charge in [0, 0.05) is 10.9 Å². The van der Waals surface area contributed by atoms with Gasteiger partial charge in [-0.1, -0.05) is 0 Å². The molecule has 0 saturated carbocycles. The zero-order chi connectivity index (χ0) is 12.7. The quantitative estimate of drug-likeness (QED) is 0.728. The van der Waals surface area contributed by atoms with Crippen molar-refractivity contribution in [2.45, 2.75) is 0 Å². The van der Waals surface area contributed by atoms with Crippen molar-refractivity contribution < 1.29 is 18.7 Å². The first-order valence-corrected chi connectivity index (χ1v) is 5.23. The summed E-state index contributed by atoms with van der Waals surface area (Å²) in [5.74, 6) is -1.41. The summed E-state index contributed by atoms with van der Waals surface area (Å²) in [6, 6.07) is 6.10. The van der Waals surface area contributed by atoms with E-state index in [-0.39, 0.29) is 11.4 Å². The topological polar surface area (TPSA) is 66.2 Å². The van der Waals surface area contributed by atoms with E-state index in [9.17, 15) is 9.18 Å². The van der Waals surface area contributed by atoms with Crippen molar-refractivity contribution in [1.82, 2.24) is 4.98 Å². The molecule has 0 radical (unpaired) electrons. The summed E-state index contributed by atoms with van der Waals surface area (Å²) in [5, 5.41) is 9.81. The fourth-order valence-corrected chi connectivity index (χ4v) is 1.92. The highest BCUT2D eigenvalue weighted by Gasteiger charge is 2.16. The first-order chi connectivity index (χ1) is 8.65. The van der Waals surface area contributed by atoms with Crippen LogP contribution in [0.1, 0.15) is 10.4 Å². The lowest BCUT2D eigenvalue weighted by Gasteiger charge is -1.94. The van der Waals surface area contributed by atoms with Crippen LogP contribution in [0.3, 0.4) is 0 Å². The van der Waals surface area contributed by atoms with E-state index in [1.165, 1.54) is 24.7 Å². The maximum Gasteiger partial charge on any atom is 0.339 e. The van der Waals surface area contributed by atoms with E-state index in [0.717, 1.165) is 5.39 Å². The molecule has 18 heavy (non-hydrogen) atoms. The molecule has 1 aromatic carbocycles. The lowest BCUT2D eigenvalue weighted by atomic mass is 10.1. The number of carboxylic acids is 1. The second-order valence-corrected chi connectivity index (χ2v) is 3.92. The highest BCUT2D eigenvalue weighted by molar-refractivity contribution is 5.97. The molecule has 3 rings (SSSR count). The second kappa shape index (κ2) is 3.73. The molecule has 0 aliphatic carbocycles. The molecule has 0 aliphatic rings. The zero-order valence-corrected chi connectivity index (χ0v) is 9.11. The van der Waals surface area contributed by atoms with Crippen LogP contribution in [0.5, 0.6) is 0 Å². The summed E-state index contributed by atoms with van der Waals surface area (Å²) in [7, 11) is 0. The van der Waals surface area contributed by atoms with Gasteiger partial charge < -0.3 is 14.5 Å². The minimum atomic E-state index is -1.07. The molecule has 0 aliphatic heterocycles. The van der Waals surface area contributed by atoms with E-state index in [1.54, 1.807) is 12.1 Å². The predicted molar refractivity (Wildman–Crippen MR) is 62.9 cm³/mol. The Balaban J connectivity index is 2.19. The smallest absolute Gasteiger partial charge is 0.339 e. The lowest BCUT2D eigenvalue weighted by molar-refractivity contribution is 0.0697. The number of halogens is 1. The van der Waals surface area contributed by atoms with E-state index in [1.807, 2.05) is 0 Å². The summed E-state index contributed by atoms with van der Waals surface area (Å²) in [6.45, 7) is 0. The minimum Gasteiger partial charge on any atom is -0.478 e. The maximum absolute atomic E-state index is 13.1. The van der Waals surface area contributed by atoms with Crippen LogP contribution in [-0.4, -0.2) is 16.1 Å². The number of H-pyrrole nitrogens is 1. The van der Waals surface area contributed by atoms with Gasteiger partial charge in [0.15, 0.2) is 0 Å². The Hall–Kier alpha value is -2.56. The van der Waals surface area contributed by atoms with Crippen molar-refractivity contribution in [3.05, 3.63) is 48.2 Å². The van der Waals surface area contributed by atoms with Crippen molar-refractivity contribution in [2.24, 2.45) is 0 Å². The summed E-state index contributed by atoms with van der Waals surface area (Å²) in [4.78, 5) is 14.0. The molecule has 5 heteroatoms. The Morgan fingerprint density at radius 3 is 2.89 bits per heavy atom. The van der Waals surface area contributed by atoms with Crippen molar-refractivity contribution >= 4 is 16.9 Å². The largest absolute Gasteiger partial charge is 0.478 e. The van der Waals surface area contributed by atoms with Crippen molar-refractivity contribution in [1.29, 1.82) is 0 Å². The van der Waals surface area contributed by atoms with Gasteiger partial charge in [0.25, 0.3) is 0 Å². The maximum atomic E-state index is 13.1. The normalized spacial score (nSPS) is 10.9. The number of hydrogen-bond donors (Lipinski definition) is 2. The van der Waals surface area contributed by atoms with Crippen LogP contribution in [0, 0.1) is 5.82 Å². The van der Waals surface area contributed by atoms with Gasteiger partial charge in [-0.3, -0.25) is 0 Å². The molecule has 0 saturated heterocycles. The average molecular weight is 245 g/mol. The van der Waals surface area contributed by atoms with Crippen LogP contribution < -0.4 is 0 Å². The monoisotopic (exact) mass is 245 g/mol. The van der Waals surface area contributed by atoms with Crippen molar-refractivity contribution in [2.75, 3.05) is 0 Å². The second-order valence-electron chi connectivity index (χ2n) is 3.92. The lowest BCUT2D eigenvalue weighted by Crippen LogP contribution is -1.95. The fourth-order valence-electron chi connectivity index (χ4n) is 1.92. The SMILES string of the molecule is O=C(O)c1cocc1-c1cc2ccc(F)cc2[nH]1. The summed E-state index contributed by atoms with van der Waals surface area (Å²) >= 11 is 0. The molecule has 0 fully saturated rings. The van der Waals surface area contributed by atoms with E-state index in [4.69, 9.17) is 9.52 Å². The molecular weight excluding hydrogens is 237 g/mol. The molecule has 0 amide bonds. The van der Waals surface area contributed by atoms with Crippen LogP contribution in [0.25, 0.3) is 22.2 Å².